The Hall–Kier alpha value is -0.340. The van der Waals surface area contributed by atoms with Gasteiger partial charge in [-0.05, 0) is 36.8 Å². The molecule has 1 rings (SSSR count). The third-order valence-corrected chi connectivity index (χ3v) is 3.75. The van der Waals surface area contributed by atoms with Gasteiger partial charge < -0.3 is 5.73 Å². The summed E-state index contributed by atoms with van der Waals surface area (Å²) >= 11 is 0. The molecule has 0 aromatic heterocycles. The van der Waals surface area contributed by atoms with Gasteiger partial charge >= 0.3 is 0 Å². The minimum Gasteiger partial charge on any atom is -0.327 e. The second-order valence-corrected chi connectivity index (χ2v) is 4.62. The molecule has 0 bridgehead atoms. The quantitative estimate of drug-likeness (QED) is 0.682. The summed E-state index contributed by atoms with van der Waals surface area (Å²) in [4.78, 5) is 2.50. The number of nitrogens with zero attached hydrogens (tertiary/aromatic N) is 1. The Morgan fingerprint density at radius 2 is 2.07 bits per heavy atom. The van der Waals surface area contributed by atoms with Gasteiger partial charge in [0.25, 0.3) is 0 Å². The molecular weight excluding hydrogens is 172 g/mol. The molecule has 0 aliphatic carbocycles. The van der Waals surface area contributed by atoms with Crippen LogP contribution in [0.15, 0.2) is 12.2 Å². The van der Waals surface area contributed by atoms with Crippen LogP contribution >= 0.6 is 0 Å². The van der Waals surface area contributed by atoms with Crippen LogP contribution in [0.4, 0.5) is 0 Å². The third kappa shape index (κ3) is 2.58. The van der Waals surface area contributed by atoms with Crippen molar-refractivity contribution in [3.05, 3.63) is 12.2 Å². The molecule has 1 saturated heterocycles. The van der Waals surface area contributed by atoms with Gasteiger partial charge in [0.2, 0.25) is 0 Å². The first-order chi connectivity index (χ1) is 6.65. The largest absolute Gasteiger partial charge is 0.327 e. The third-order valence-electron chi connectivity index (χ3n) is 3.75. The van der Waals surface area contributed by atoms with E-state index in [9.17, 15) is 0 Å². The maximum absolute atomic E-state index is 5.56. The van der Waals surface area contributed by atoms with Crippen LogP contribution in [0.1, 0.15) is 33.1 Å². The molecule has 1 aliphatic heterocycles. The number of nitrogens with two attached hydrogens (primary N) is 1. The predicted molar refractivity (Wildman–Crippen MR) is 62.3 cm³/mol. The van der Waals surface area contributed by atoms with Gasteiger partial charge in [-0.2, -0.15) is 0 Å². The molecule has 0 aromatic rings. The minimum atomic E-state index is 0.578. The van der Waals surface area contributed by atoms with E-state index in [1.807, 2.05) is 0 Å². The first-order valence-electron chi connectivity index (χ1n) is 5.75. The molecule has 0 aromatic carbocycles. The Morgan fingerprint density at radius 1 is 1.43 bits per heavy atom. The number of hydrogen-bond acceptors (Lipinski definition) is 2. The predicted octanol–water partition coefficient (Wildman–Crippen LogP) is 2.01. The topological polar surface area (TPSA) is 29.3 Å². The fourth-order valence-electron chi connectivity index (χ4n) is 2.37. The molecule has 2 heteroatoms. The second-order valence-electron chi connectivity index (χ2n) is 4.62. The lowest BCUT2D eigenvalue weighted by Gasteiger charge is -2.26. The summed E-state index contributed by atoms with van der Waals surface area (Å²) in [6.45, 7) is 12.7. The van der Waals surface area contributed by atoms with Crippen molar-refractivity contribution in [2.45, 2.75) is 33.1 Å². The lowest BCUT2D eigenvalue weighted by Crippen LogP contribution is -2.29. The van der Waals surface area contributed by atoms with E-state index in [2.05, 4.69) is 25.3 Å². The van der Waals surface area contributed by atoms with Gasteiger partial charge in [-0.1, -0.05) is 20.4 Å². The highest BCUT2D eigenvalue weighted by molar-refractivity contribution is 5.01. The standard InChI is InChI=1S/C12H24N2/c1-4-12(5-2)6-7-14(10-12)9-11(3)8-13/h3-10,13H2,1-2H3. The number of hydrogen-bond donors (Lipinski definition) is 1. The first kappa shape index (κ1) is 11.7. The van der Waals surface area contributed by atoms with Gasteiger partial charge in [0, 0.05) is 19.6 Å². The monoisotopic (exact) mass is 196 g/mol. The number of rotatable bonds is 5. The summed E-state index contributed by atoms with van der Waals surface area (Å²) in [6, 6.07) is 0. The minimum absolute atomic E-state index is 0.578. The highest BCUT2D eigenvalue weighted by Gasteiger charge is 2.34. The van der Waals surface area contributed by atoms with Crippen LogP contribution in [0.3, 0.4) is 0 Å². The van der Waals surface area contributed by atoms with E-state index in [1.54, 1.807) is 0 Å². The van der Waals surface area contributed by atoms with Crippen molar-refractivity contribution < 1.29 is 0 Å². The summed E-state index contributed by atoms with van der Waals surface area (Å²) in [5.41, 5.74) is 7.29. The Bertz CT molecular complexity index is 194. The summed E-state index contributed by atoms with van der Waals surface area (Å²) in [6.07, 6.45) is 3.95. The fourth-order valence-corrected chi connectivity index (χ4v) is 2.37. The van der Waals surface area contributed by atoms with Crippen LogP contribution in [0.5, 0.6) is 0 Å². The number of likely N-dealkylation sites (tertiary alicyclic amines) is 1. The first-order valence-corrected chi connectivity index (χ1v) is 5.75. The van der Waals surface area contributed by atoms with Crippen molar-refractivity contribution >= 4 is 0 Å². The van der Waals surface area contributed by atoms with Crippen LogP contribution in [0, 0.1) is 5.41 Å². The highest BCUT2D eigenvalue weighted by atomic mass is 15.2. The molecule has 0 unspecified atom stereocenters. The molecule has 2 nitrogen and oxygen atoms in total. The van der Waals surface area contributed by atoms with E-state index >= 15 is 0 Å². The van der Waals surface area contributed by atoms with Crippen molar-refractivity contribution in [3.63, 3.8) is 0 Å². The van der Waals surface area contributed by atoms with Crippen LogP contribution in [0.25, 0.3) is 0 Å². The van der Waals surface area contributed by atoms with E-state index in [0.29, 0.717) is 12.0 Å². The van der Waals surface area contributed by atoms with E-state index in [4.69, 9.17) is 5.73 Å². The summed E-state index contributed by atoms with van der Waals surface area (Å²) in [7, 11) is 0. The molecular formula is C12H24N2. The maximum Gasteiger partial charge on any atom is 0.0203 e. The average Bonchev–Trinajstić information content (AvgIpc) is 2.62. The van der Waals surface area contributed by atoms with Crippen molar-refractivity contribution in [3.8, 4) is 0 Å². The lowest BCUT2D eigenvalue weighted by molar-refractivity contribution is 0.249. The normalized spacial score (nSPS) is 21.4. The molecule has 1 heterocycles. The molecule has 0 saturated carbocycles. The summed E-state index contributed by atoms with van der Waals surface area (Å²) in [5.74, 6) is 0. The van der Waals surface area contributed by atoms with E-state index in [1.165, 1.54) is 32.4 Å². The molecule has 0 atom stereocenters. The molecule has 0 amide bonds. The molecule has 2 N–H and O–H groups in total. The van der Waals surface area contributed by atoms with E-state index < -0.39 is 0 Å². The van der Waals surface area contributed by atoms with Crippen LogP contribution in [-0.2, 0) is 0 Å². The zero-order valence-electron chi connectivity index (χ0n) is 9.68. The molecule has 14 heavy (non-hydrogen) atoms. The zero-order chi connectivity index (χ0) is 10.6. The lowest BCUT2D eigenvalue weighted by atomic mass is 9.82. The van der Waals surface area contributed by atoms with Crippen LogP contribution < -0.4 is 5.73 Å². The Morgan fingerprint density at radius 3 is 2.50 bits per heavy atom. The van der Waals surface area contributed by atoms with Gasteiger partial charge in [-0.15, -0.1) is 0 Å². The van der Waals surface area contributed by atoms with Crippen molar-refractivity contribution in [1.82, 2.24) is 4.90 Å². The van der Waals surface area contributed by atoms with Crippen LogP contribution in [-0.4, -0.2) is 31.1 Å². The zero-order valence-corrected chi connectivity index (χ0v) is 9.68. The fraction of sp³-hybridized carbons (Fsp3) is 0.833. The van der Waals surface area contributed by atoms with Crippen molar-refractivity contribution in [2.24, 2.45) is 11.1 Å². The summed E-state index contributed by atoms with van der Waals surface area (Å²) in [5, 5.41) is 0. The van der Waals surface area contributed by atoms with Crippen molar-refractivity contribution in [1.29, 1.82) is 0 Å². The Kier molecular flexibility index (Phi) is 4.14. The van der Waals surface area contributed by atoms with Gasteiger partial charge in [0.05, 0.1) is 0 Å². The smallest absolute Gasteiger partial charge is 0.0203 e. The van der Waals surface area contributed by atoms with Gasteiger partial charge in [0.1, 0.15) is 0 Å². The van der Waals surface area contributed by atoms with Crippen LogP contribution in [0.2, 0.25) is 0 Å². The van der Waals surface area contributed by atoms with Gasteiger partial charge in [-0.3, -0.25) is 4.90 Å². The average molecular weight is 196 g/mol. The van der Waals surface area contributed by atoms with Gasteiger partial charge in [0.15, 0.2) is 0 Å². The molecule has 82 valence electrons. The maximum atomic E-state index is 5.56. The van der Waals surface area contributed by atoms with E-state index in [-0.39, 0.29) is 0 Å². The second kappa shape index (κ2) is 4.94. The molecule has 0 radical (unpaired) electrons. The molecule has 1 aliphatic rings. The van der Waals surface area contributed by atoms with E-state index in [0.717, 1.165) is 12.1 Å². The van der Waals surface area contributed by atoms with Gasteiger partial charge in [-0.25, -0.2) is 0 Å². The highest BCUT2D eigenvalue weighted by Crippen LogP contribution is 2.36. The Labute approximate surface area is 88.2 Å². The SMILES string of the molecule is C=C(CN)CN1CCC(CC)(CC)C1. The summed E-state index contributed by atoms with van der Waals surface area (Å²) < 4.78 is 0. The van der Waals surface area contributed by atoms with Crippen molar-refractivity contribution in [2.75, 3.05) is 26.2 Å². The Balaban J connectivity index is 2.44. The molecule has 0 spiro atoms. The molecule has 1 fully saturated rings.